The highest BCUT2D eigenvalue weighted by molar-refractivity contribution is 5.80. The number of amides is 1. The summed E-state index contributed by atoms with van der Waals surface area (Å²) in [6.45, 7) is 2.17. The maximum absolute atomic E-state index is 11.0. The number of nitrogens with one attached hydrogen (secondary N) is 1. The minimum absolute atomic E-state index is 0.0276. The summed E-state index contributed by atoms with van der Waals surface area (Å²) in [5.74, 6) is -1.20. The smallest absolute Gasteiger partial charge is 0.303 e. The maximum atomic E-state index is 11.0. The van der Waals surface area contributed by atoms with Gasteiger partial charge in [0.05, 0.1) is 19.6 Å². The van der Waals surface area contributed by atoms with Crippen molar-refractivity contribution in [2.24, 2.45) is 0 Å². The van der Waals surface area contributed by atoms with E-state index < -0.39 is 5.97 Å². The van der Waals surface area contributed by atoms with Gasteiger partial charge in [-0.15, -0.1) is 0 Å². The number of hydrogen-bond acceptors (Lipinski definition) is 4. The van der Waals surface area contributed by atoms with Crippen molar-refractivity contribution in [3.63, 3.8) is 0 Å². The molecule has 16 heavy (non-hydrogen) atoms. The highest BCUT2D eigenvalue weighted by Crippen LogP contribution is 1.89. The Labute approximate surface area is 94.9 Å². The van der Waals surface area contributed by atoms with Crippen molar-refractivity contribution in [3.8, 4) is 0 Å². The molecule has 0 aromatic heterocycles. The molecule has 0 aliphatic rings. The average molecular weight is 233 g/mol. The third-order valence-corrected chi connectivity index (χ3v) is 1.79. The molecular weight excluding hydrogens is 214 g/mol. The van der Waals surface area contributed by atoms with Gasteiger partial charge in [0.15, 0.2) is 0 Å². The van der Waals surface area contributed by atoms with Gasteiger partial charge in [-0.3, -0.25) is 9.59 Å². The molecule has 0 aromatic carbocycles. The molecule has 6 nitrogen and oxygen atoms in total. The maximum Gasteiger partial charge on any atom is 0.303 e. The van der Waals surface area contributed by atoms with Crippen LogP contribution >= 0.6 is 0 Å². The Balaban J connectivity index is 3.18. The van der Waals surface area contributed by atoms with Crippen LogP contribution in [-0.4, -0.2) is 50.5 Å². The van der Waals surface area contributed by atoms with Crippen LogP contribution in [0.2, 0.25) is 0 Å². The standard InChI is InChI=1S/C10H19NO5/c1-15-7-8-16-6-2-5-11-9(12)3-4-10(13)14/h2-8H2,1H3,(H,11,12)(H,13,14). The van der Waals surface area contributed by atoms with Crippen LogP contribution < -0.4 is 5.32 Å². The van der Waals surface area contributed by atoms with Gasteiger partial charge in [-0.1, -0.05) is 0 Å². The van der Waals surface area contributed by atoms with Gasteiger partial charge in [0.25, 0.3) is 0 Å². The SMILES string of the molecule is COCCOCCCNC(=O)CCC(=O)O. The van der Waals surface area contributed by atoms with E-state index in [4.69, 9.17) is 14.6 Å². The van der Waals surface area contributed by atoms with Crippen molar-refractivity contribution in [2.75, 3.05) is 33.5 Å². The van der Waals surface area contributed by atoms with Gasteiger partial charge in [0, 0.05) is 26.7 Å². The molecule has 0 aliphatic carbocycles. The summed E-state index contributed by atoms with van der Waals surface area (Å²) in [6.07, 6.45) is 0.610. The second kappa shape index (κ2) is 10.4. The molecule has 0 saturated carbocycles. The highest BCUT2D eigenvalue weighted by Gasteiger charge is 2.03. The predicted molar refractivity (Wildman–Crippen MR) is 57.2 cm³/mol. The lowest BCUT2D eigenvalue weighted by Gasteiger charge is -2.05. The average Bonchev–Trinajstić information content (AvgIpc) is 2.25. The molecule has 0 aliphatic heterocycles. The first-order valence-corrected chi connectivity index (χ1v) is 5.22. The molecule has 0 radical (unpaired) electrons. The van der Waals surface area contributed by atoms with Gasteiger partial charge in [0.1, 0.15) is 0 Å². The number of carbonyl (C=O) groups excluding carboxylic acids is 1. The Morgan fingerprint density at radius 1 is 1.19 bits per heavy atom. The summed E-state index contributed by atoms with van der Waals surface area (Å²) < 4.78 is 9.97. The van der Waals surface area contributed by atoms with Crippen LogP contribution in [0.4, 0.5) is 0 Å². The Kier molecular flexibility index (Phi) is 9.64. The van der Waals surface area contributed by atoms with E-state index in [2.05, 4.69) is 5.32 Å². The summed E-state index contributed by atoms with van der Waals surface area (Å²) in [5, 5.41) is 11.0. The number of hydrogen-bond donors (Lipinski definition) is 2. The van der Waals surface area contributed by atoms with Crippen molar-refractivity contribution in [1.82, 2.24) is 5.32 Å². The van der Waals surface area contributed by atoms with E-state index in [9.17, 15) is 9.59 Å². The number of aliphatic carboxylic acids is 1. The van der Waals surface area contributed by atoms with Crippen LogP contribution in [-0.2, 0) is 19.1 Å². The summed E-state index contributed by atoms with van der Waals surface area (Å²) in [6, 6.07) is 0. The quantitative estimate of drug-likeness (QED) is 0.520. The van der Waals surface area contributed by atoms with Crippen molar-refractivity contribution in [3.05, 3.63) is 0 Å². The third-order valence-electron chi connectivity index (χ3n) is 1.79. The third kappa shape index (κ3) is 10.9. The van der Waals surface area contributed by atoms with E-state index in [1.165, 1.54) is 0 Å². The number of carbonyl (C=O) groups is 2. The molecule has 0 aromatic rings. The zero-order chi connectivity index (χ0) is 12.2. The van der Waals surface area contributed by atoms with Crippen LogP contribution in [0.1, 0.15) is 19.3 Å². The van der Waals surface area contributed by atoms with Crippen LogP contribution in [0, 0.1) is 0 Å². The Hall–Kier alpha value is -1.14. The molecule has 6 heteroatoms. The van der Waals surface area contributed by atoms with Crippen molar-refractivity contribution in [2.45, 2.75) is 19.3 Å². The molecule has 0 fully saturated rings. The molecule has 0 saturated heterocycles. The molecule has 0 rings (SSSR count). The Morgan fingerprint density at radius 3 is 2.56 bits per heavy atom. The summed E-state index contributed by atoms with van der Waals surface area (Å²) in [4.78, 5) is 21.2. The lowest BCUT2D eigenvalue weighted by Crippen LogP contribution is -2.25. The predicted octanol–water partition coefficient (Wildman–Crippen LogP) is 0.0205. The largest absolute Gasteiger partial charge is 0.481 e. The van der Waals surface area contributed by atoms with Gasteiger partial charge in [-0.25, -0.2) is 0 Å². The van der Waals surface area contributed by atoms with Crippen molar-refractivity contribution >= 4 is 11.9 Å². The molecule has 2 N–H and O–H groups in total. The molecule has 94 valence electrons. The van der Waals surface area contributed by atoms with Gasteiger partial charge in [0.2, 0.25) is 5.91 Å². The Morgan fingerprint density at radius 2 is 1.94 bits per heavy atom. The number of carboxylic acid groups (broad SMARTS) is 1. The first kappa shape index (κ1) is 14.9. The summed E-state index contributed by atoms with van der Waals surface area (Å²) >= 11 is 0. The number of methoxy groups -OCH3 is 1. The van der Waals surface area contributed by atoms with E-state index in [-0.39, 0.29) is 18.7 Å². The van der Waals surface area contributed by atoms with Gasteiger partial charge in [-0.2, -0.15) is 0 Å². The van der Waals surface area contributed by atoms with E-state index >= 15 is 0 Å². The highest BCUT2D eigenvalue weighted by atomic mass is 16.5. The van der Waals surface area contributed by atoms with Crippen LogP contribution in [0.15, 0.2) is 0 Å². The summed E-state index contributed by atoms with van der Waals surface area (Å²) in [7, 11) is 1.60. The van der Waals surface area contributed by atoms with E-state index in [1.54, 1.807) is 7.11 Å². The van der Waals surface area contributed by atoms with E-state index in [0.29, 0.717) is 32.8 Å². The van der Waals surface area contributed by atoms with Crippen molar-refractivity contribution < 1.29 is 24.2 Å². The minimum atomic E-state index is -0.960. The fraction of sp³-hybridized carbons (Fsp3) is 0.800. The molecule has 0 heterocycles. The van der Waals surface area contributed by atoms with Crippen LogP contribution in [0.5, 0.6) is 0 Å². The topological polar surface area (TPSA) is 84.9 Å². The summed E-state index contributed by atoms with van der Waals surface area (Å²) in [5.41, 5.74) is 0. The lowest BCUT2D eigenvalue weighted by atomic mass is 10.3. The number of carboxylic acids is 1. The first-order valence-electron chi connectivity index (χ1n) is 5.22. The fourth-order valence-electron chi connectivity index (χ4n) is 0.955. The number of ether oxygens (including phenoxy) is 2. The second-order valence-electron chi connectivity index (χ2n) is 3.20. The van der Waals surface area contributed by atoms with Gasteiger partial charge < -0.3 is 19.9 Å². The van der Waals surface area contributed by atoms with Crippen LogP contribution in [0.25, 0.3) is 0 Å². The zero-order valence-electron chi connectivity index (χ0n) is 9.53. The monoisotopic (exact) mass is 233 g/mol. The van der Waals surface area contributed by atoms with Crippen LogP contribution in [0.3, 0.4) is 0 Å². The van der Waals surface area contributed by atoms with Crippen molar-refractivity contribution in [1.29, 1.82) is 0 Å². The molecular formula is C10H19NO5. The zero-order valence-corrected chi connectivity index (χ0v) is 9.53. The molecule has 0 unspecified atom stereocenters. The fourth-order valence-corrected chi connectivity index (χ4v) is 0.955. The normalized spacial score (nSPS) is 10.1. The van der Waals surface area contributed by atoms with E-state index in [1.807, 2.05) is 0 Å². The van der Waals surface area contributed by atoms with E-state index in [0.717, 1.165) is 0 Å². The first-order chi connectivity index (χ1) is 7.66. The molecule has 0 spiro atoms. The molecule has 0 atom stereocenters. The Bertz CT molecular complexity index is 207. The second-order valence-corrected chi connectivity index (χ2v) is 3.20. The lowest BCUT2D eigenvalue weighted by molar-refractivity contribution is -0.138. The molecule has 0 bridgehead atoms. The van der Waals surface area contributed by atoms with Gasteiger partial charge in [-0.05, 0) is 6.42 Å². The minimum Gasteiger partial charge on any atom is -0.481 e. The number of rotatable bonds is 10. The molecule has 1 amide bonds. The van der Waals surface area contributed by atoms with Gasteiger partial charge >= 0.3 is 5.97 Å².